The summed E-state index contributed by atoms with van der Waals surface area (Å²) in [6, 6.07) is 9.56. The van der Waals surface area contributed by atoms with Gasteiger partial charge in [0.05, 0.1) is 0 Å². The summed E-state index contributed by atoms with van der Waals surface area (Å²) in [6.07, 6.45) is 2.51. The topological polar surface area (TPSA) is 58.7 Å². The maximum atomic E-state index is 12.5. The van der Waals surface area contributed by atoms with Gasteiger partial charge in [-0.2, -0.15) is 4.74 Å². The molecule has 0 saturated heterocycles. The Hall–Kier alpha value is -1.94. The Balaban J connectivity index is 2.32. The van der Waals surface area contributed by atoms with Crippen molar-refractivity contribution < 1.29 is 9.85 Å². The second kappa shape index (κ2) is 6.44. The number of nitrogens with zero attached hydrogens (tertiary/aromatic N) is 2. The van der Waals surface area contributed by atoms with Crippen LogP contribution >= 0.6 is 0 Å². The van der Waals surface area contributed by atoms with Crippen molar-refractivity contribution in [3.8, 4) is 0 Å². The van der Waals surface area contributed by atoms with Crippen LogP contribution in [0.15, 0.2) is 47.0 Å². The molecule has 0 radical (unpaired) electrons. The zero-order chi connectivity index (χ0) is 16.3. The van der Waals surface area contributed by atoms with Crippen LogP contribution in [-0.4, -0.2) is 33.0 Å². The van der Waals surface area contributed by atoms with E-state index in [0.29, 0.717) is 17.8 Å². The smallest absolute Gasteiger partial charge is 0.260 e. The van der Waals surface area contributed by atoms with Gasteiger partial charge in [-0.05, 0) is 26.7 Å². The molecule has 0 aromatic heterocycles. The molecule has 1 atom stereocenters. The maximum absolute atomic E-state index is 12.5. The summed E-state index contributed by atoms with van der Waals surface area (Å²) in [5, 5.41) is 23.0. The van der Waals surface area contributed by atoms with E-state index >= 15 is 0 Å². The quantitative estimate of drug-likeness (QED) is 0.515. The Morgan fingerprint density at radius 2 is 1.95 bits per heavy atom. The zero-order valence-corrected chi connectivity index (χ0v) is 13.7. The fourth-order valence-electron chi connectivity index (χ4n) is 2.54. The Morgan fingerprint density at radius 3 is 2.55 bits per heavy atom. The first-order valence-corrected chi connectivity index (χ1v) is 7.64. The highest BCUT2D eigenvalue weighted by atomic mass is 16.5. The SMILES string of the molecule is CC(C)=CCCC(O)C1=[N+]([O-])C(C)(C)N=C1c1ccccc1. The molecule has 0 saturated carbocycles. The molecule has 0 fully saturated rings. The molecular formula is C18H24N2O2. The maximum Gasteiger partial charge on any atom is 0.260 e. The molecule has 4 heteroatoms. The summed E-state index contributed by atoms with van der Waals surface area (Å²) in [5.74, 6) is 0. The minimum Gasteiger partial charge on any atom is -0.622 e. The standard InChI is InChI=1S/C18H24N2O2/c1-13(2)9-8-12-15(21)17-16(14-10-6-5-7-11-14)19-18(3,4)20(17)22/h5-7,9-11,15,21H,8,12H2,1-4H3. The third-order valence-corrected chi connectivity index (χ3v) is 3.70. The van der Waals surface area contributed by atoms with Crippen molar-refractivity contribution in [1.82, 2.24) is 0 Å². The highest BCUT2D eigenvalue weighted by Gasteiger charge is 2.42. The van der Waals surface area contributed by atoms with E-state index in [-0.39, 0.29) is 0 Å². The summed E-state index contributed by atoms with van der Waals surface area (Å²) in [6.45, 7) is 7.57. The van der Waals surface area contributed by atoms with Gasteiger partial charge < -0.3 is 10.3 Å². The fourth-order valence-corrected chi connectivity index (χ4v) is 2.54. The van der Waals surface area contributed by atoms with Crippen LogP contribution < -0.4 is 0 Å². The van der Waals surface area contributed by atoms with Gasteiger partial charge in [-0.3, -0.25) is 0 Å². The number of hydrogen-bond donors (Lipinski definition) is 1. The highest BCUT2D eigenvalue weighted by Crippen LogP contribution is 2.23. The van der Waals surface area contributed by atoms with Crippen LogP contribution in [0.2, 0.25) is 0 Å². The van der Waals surface area contributed by atoms with Crippen LogP contribution in [0.25, 0.3) is 0 Å². The predicted octanol–water partition coefficient (Wildman–Crippen LogP) is 3.28. The molecule has 1 aromatic carbocycles. The van der Waals surface area contributed by atoms with Crippen molar-refractivity contribution >= 4 is 11.4 Å². The molecule has 0 bridgehead atoms. The Labute approximate surface area is 132 Å². The number of aliphatic imine (C=N–C) groups is 1. The molecule has 22 heavy (non-hydrogen) atoms. The molecule has 1 heterocycles. The number of allylic oxidation sites excluding steroid dienone is 2. The minimum absolute atomic E-state index is 0.373. The van der Waals surface area contributed by atoms with E-state index in [4.69, 9.17) is 0 Å². The van der Waals surface area contributed by atoms with E-state index in [1.165, 1.54) is 5.57 Å². The zero-order valence-electron chi connectivity index (χ0n) is 13.7. The monoisotopic (exact) mass is 300 g/mol. The lowest BCUT2D eigenvalue weighted by atomic mass is 9.99. The predicted molar refractivity (Wildman–Crippen MR) is 90.4 cm³/mol. The molecule has 118 valence electrons. The molecular weight excluding hydrogens is 276 g/mol. The number of rotatable bonds is 5. The van der Waals surface area contributed by atoms with Crippen molar-refractivity contribution in [1.29, 1.82) is 0 Å². The largest absolute Gasteiger partial charge is 0.622 e. The minimum atomic E-state index is -0.877. The molecule has 1 aliphatic heterocycles. The first-order valence-electron chi connectivity index (χ1n) is 7.64. The van der Waals surface area contributed by atoms with Crippen LogP contribution in [0.1, 0.15) is 46.1 Å². The van der Waals surface area contributed by atoms with Crippen LogP contribution in [0.4, 0.5) is 0 Å². The number of benzene rings is 1. The van der Waals surface area contributed by atoms with Gasteiger partial charge in [0, 0.05) is 19.4 Å². The van der Waals surface area contributed by atoms with Crippen molar-refractivity contribution in [2.24, 2.45) is 4.99 Å². The van der Waals surface area contributed by atoms with E-state index in [1.54, 1.807) is 13.8 Å². The molecule has 0 amide bonds. The van der Waals surface area contributed by atoms with Crippen molar-refractivity contribution in [3.05, 3.63) is 52.8 Å². The third kappa shape index (κ3) is 3.45. The molecule has 0 aliphatic carbocycles. The van der Waals surface area contributed by atoms with E-state index < -0.39 is 11.8 Å². The molecule has 1 aliphatic rings. The molecule has 2 rings (SSSR count). The van der Waals surface area contributed by atoms with Gasteiger partial charge in [-0.25, -0.2) is 4.99 Å². The second-order valence-corrected chi connectivity index (χ2v) is 6.38. The van der Waals surface area contributed by atoms with Gasteiger partial charge in [-0.1, -0.05) is 42.0 Å². The number of aliphatic hydroxyl groups excluding tert-OH is 1. The number of hydroxylamine groups is 1. The summed E-state index contributed by atoms with van der Waals surface area (Å²) in [4.78, 5) is 4.54. The van der Waals surface area contributed by atoms with Crippen molar-refractivity contribution in [2.45, 2.75) is 52.3 Å². The van der Waals surface area contributed by atoms with Crippen LogP contribution in [-0.2, 0) is 0 Å². The normalized spacial score (nSPS) is 18.1. The molecule has 4 nitrogen and oxygen atoms in total. The molecule has 1 N–H and O–H groups in total. The van der Waals surface area contributed by atoms with Gasteiger partial charge in [0.2, 0.25) is 5.71 Å². The number of aliphatic hydroxyl groups is 1. The third-order valence-electron chi connectivity index (χ3n) is 3.70. The molecule has 1 unspecified atom stereocenters. The highest BCUT2D eigenvalue weighted by molar-refractivity contribution is 6.48. The Kier molecular flexibility index (Phi) is 4.81. The summed E-state index contributed by atoms with van der Waals surface area (Å²) in [5.41, 5.74) is 2.17. The van der Waals surface area contributed by atoms with Crippen LogP contribution in [0, 0.1) is 5.21 Å². The average Bonchev–Trinajstić information content (AvgIpc) is 2.70. The lowest BCUT2D eigenvalue weighted by molar-refractivity contribution is -0.534. The van der Waals surface area contributed by atoms with Gasteiger partial charge in [0.15, 0.2) is 0 Å². The van der Waals surface area contributed by atoms with Crippen molar-refractivity contribution in [3.63, 3.8) is 0 Å². The second-order valence-electron chi connectivity index (χ2n) is 6.38. The first kappa shape index (κ1) is 16.4. The lowest BCUT2D eigenvalue weighted by Crippen LogP contribution is -2.36. The number of hydrogen-bond acceptors (Lipinski definition) is 3. The van der Waals surface area contributed by atoms with Gasteiger partial charge in [0.25, 0.3) is 5.66 Å². The summed E-state index contributed by atoms with van der Waals surface area (Å²) < 4.78 is 0.850. The van der Waals surface area contributed by atoms with Gasteiger partial charge >= 0.3 is 0 Å². The van der Waals surface area contributed by atoms with E-state index in [2.05, 4.69) is 11.1 Å². The first-order chi connectivity index (χ1) is 10.3. The van der Waals surface area contributed by atoms with E-state index in [1.807, 2.05) is 44.2 Å². The van der Waals surface area contributed by atoms with Crippen LogP contribution in [0.5, 0.6) is 0 Å². The van der Waals surface area contributed by atoms with Gasteiger partial charge in [0.1, 0.15) is 11.8 Å². The summed E-state index contributed by atoms with van der Waals surface area (Å²) >= 11 is 0. The van der Waals surface area contributed by atoms with E-state index in [0.717, 1.165) is 16.7 Å². The Morgan fingerprint density at radius 1 is 1.32 bits per heavy atom. The lowest BCUT2D eigenvalue weighted by Gasteiger charge is -2.17. The molecule has 0 spiro atoms. The fraction of sp³-hybridized carbons (Fsp3) is 0.444. The van der Waals surface area contributed by atoms with Crippen molar-refractivity contribution in [2.75, 3.05) is 0 Å². The van der Waals surface area contributed by atoms with Crippen LogP contribution in [0.3, 0.4) is 0 Å². The average molecular weight is 300 g/mol. The Bertz CT molecular complexity index is 624. The van der Waals surface area contributed by atoms with Gasteiger partial charge in [-0.15, -0.1) is 0 Å². The molecule has 1 aromatic rings. The summed E-state index contributed by atoms with van der Waals surface area (Å²) in [7, 11) is 0. The van der Waals surface area contributed by atoms with E-state index in [9.17, 15) is 10.3 Å².